The molecule has 42 heavy (non-hydrogen) atoms. The summed E-state index contributed by atoms with van der Waals surface area (Å²) in [6, 6.07) is 9.02. The Morgan fingerprint density at radius 3 is 1.12 bits per heavy atom. The molecule has 0 fully saturated rings. The molecule has 0 unspecified atom stereocenters. The van der Waals surface area contributed by atoms with Gasteiger partial charge in [-0.05, 0) is 19.3 Å². The third kappa shape index (κ3) is 18.9. The highest BCUT2D eigenvalue weighted by molar-refractivity contribution is 5.40. The minimum Gasteiger partial charge on any atom is -1.00 e. The molecule has 0 saturated carbocycles. The van der Waals surface area contributed by atoms with E-state index in [-0.39, 0.29) is 24.8 Å². The molecule has 2 heterocycles. The first-order valence-corrected chi connectivity index (χ1v) is 17.3. The Labute approximate surface area is 272 Å². The third-order valence-electron chi connectivity index (χ3n) is 8.18. The topological polar surface area (TPSA) is 31.8 Å². The van der Waals surface area contributed by atoms with Gasteiger partial charge in [-0.25, -0.2) is 0 Å². The number of nitrogens with one attached hydrogen (secondary N) is 2. The lowest BCUT2D eigenvalue weighted by molar-refractivity contribution is -0.945. The molecule has 0 radical (unpaired) electrons. The van der Waals surface area contributed by atoms with Crippen molar-refractivity contribution in [2.24, 2.45) is 0 Å². The Balaban J connectivity index is 0.00000840. The zero-order chi connectivity index (χ0) is 28.5. The van der Waals surface area contributed by atoms with E-state index in [0.29, 0.717) is 6.17 Å². The van der Waals surface area contributed by atoms with Gasteiger partial charge in [0.25, 0.3) is 0 Å². The summed E-state index contributed by atoms with van der Waals surface area (Å²) in [6.07, 6.45) is 36.1. The number of nitrogens with zero attached hydrogens (tertiary/aromatic N) is 2. The zero-order valence-electron chi connectivity index (χ0n) is 27.4. The average molecular weight is 624 g/mol. The van der Waals surface area contributed by atoms with Gasteiger partial charge in [0.15, 0.2) is 24.8 Å². The summed E-state index contributed by atoms with van der Waals surface area (Å²) in [4.78, 5) is 0. The van der Waals surface area contributed by atoms with E-state index in [2.05, 4.69) is 89.6 Å². The summed E-state index contributed by atoms with van der Waals surface area (Å²) in [6.45, 7) is 9.00. The number of aromatic nitrogens is 2. The highest BCUT2D eigenvalue weighted by Crippen LogP contribution is 2.14. The minimum atomic E-state index is 0. The molecule has 6 heteroatoms. The second kappa shape index (κ2) is 28.3. The summed E-state index contributed by atoms with van der Waals surface area (Å²) < 4.78 is 4.80. The van der Waals surface area contributed by atoms with Crippen molar-refractivity contribution in [1.82, 2.24) is 0 Å². The summed E-state index contributed by atoms with van der Waals surface area (Å²) >= 11 is 0. The van der Waals surface area contributed by atoms with Crippen LogP contribution in [0.2, 0.25) is 0 Å². The Kier molecular flexibility index (Phi) is 27.2. The van der Waals surface area contributed by atoms with Gasteiger partial charge in [0.1, 0.15) is 0 Å². The van der Waals surface area contributed by atoms with Gasteiger partial charge in [0, 0.05) is 48.7 Å². The zero-order valence-corrected chi connectivity index (χ0v) is 28.9. The van der Waals surface area contributed by atoms with E-state index in [9.17, 15) is 0 Å². The summed E-state index contributed by atoms with van der Waals surface area (Å²) in [5.41, 5.74) is 2.47. The lowest BCUT2D eigenvalue weighted by atomic mass is 10.1. The maximum atomic E-state index is 3.64. The number of halogens is 2. The average Bonchev–Trinajstić information content (AvgIpc) is 2.98. The number of rotatable bonds is 26. The number of pyridine rings is 2. The van der Waals surface area contributed by atoms with Gasteiger partial charge in [-0.2, -0.15) is 0 Å². The molecule has 0 bridgehead atoms. The molecule has 0 aromatic carbocycles. The molecular weight excluding hydrogens is 559 g/mol. The Bertz CT molecular complexity index is 768. The minimum absolute atomic E-state index is 0. The van der Waals surface area contributed by atoms with Crippen molar-refractivity contribution in [2.45, 2.75) is 155 Å². The molecule has 2 aromatic heterocycles. The van der Waals surface area contributed by atoms with Crippen LogP contribution in [-0.2, 0) is 0 Å². The molecule has 4 nitrogen and oxygen atoms in total. The molecule has 0 aliphatic heterocycles. The van der Waals surface area contributed by atoms with Crippen molar-refractivity contribution in [1.29, 1.82) is 0 Å². The van der Waals surface area contributed by atoms with E-state index >= 15 is 0 Å². The Morgan fingerprint density at radius 2 is 0.762 bits per heavy atom. The van der Waals surface area contributed by atoms with Crippen LogP contribution in [0.4, 0.5) is 11.4 Å². The lowest BCUT2D eigenvalue weighted by Gasteiger charge is -2.11. The van der Waals surface area contributed by atoms with E-state index in [0.717, 1.165) is 19.5 Å². The van der Waals surface area contributed by atoms with Crippen LogP contribution in [0.5, 0.6) is 0 Å². The first-order valence-electron chi connectivity index (χ1n) is 17.3. The maximum Gasteiger partial charge on any atom is 0.352 e. The maximum absolute atomic E-state index is 3.64. The standard InChI is InChI=1S/C36H62N4.2ClH/c1-4-7-10-13-16-17-20-23-36(39-30-24-34(25-31-39)37-28-21-18-14-11-8-5-2)40-32-26-35(27-33-40)38-29-22-19-15-12-9-6-3;;/h24-27,30-33,36H,4-23,28-29H2,1-3H3;2*1H. The summed E-state index contributed by atoms with van der Waals surface area (Å²) in [5.74, 6) is 0. The molecular formula is C36H64Cl2N4. The lowest BCUT2D eigenvalue weighted by Crippen LogP contribution is -3.00. The highest BCUT2D eigenvalue weighted by Gasteiger charge is 2.26. The van der Waals surface area contributed by atoms with Gasteiger partial charge in [-0.1, -0.05) is 124 Å². The van der Waals surface area contributed by atoms with Crippen LogP contribution < -0.4 is 44.6 Å². The van der Waals surface area contributed by atoms with Gasteiger partial charge in [-0.3, -0.25) is 0 Å². The smallest absolute Gasteiger partial charge is 0.352 e. The molecule has 0 aliphatic rings. The molecule has 0 saturated heterocycles. The van der Waals surface area contributed by atoms with Gasteiger partial charge in [-0.15, -0.1) is 9.13 Å². The molecule has 0 aliphatic carbocycles. The van der Waals surface area contributed by atoms with Gasteiger partial charge in [0.2, 0.25) is 0 Å². The first-order chi connectivity index (χ1) is 19.8. The van der Waals surface area contributed by atoms with Crippen molar-refractivity contribution in [3.05, 3.63) is 49.1 Å². The van der Waals surface area contributed by atoms with E-state index in [4.69, 9.17) is 0 Å². The van der Waals surface area contributed by atoms with Crippen molar-refractivity contribution in [3.8, 4) is 0 Å². The fourth-order valence-electron chi connectivity index (χ4n) is 5.52. The van der Waals surface area contributed by atoms with Crippen LogP contribution >= 0.6 is 0 Å². The Hall–Kier alpha value is -1.52. The SMILES string of the molecule is CCCCCCCCCC([n+]1ccc(NCCCCCCCC)cc1)[n+]1ccc(NCCCCCCCC)cc1.[Cl-].[Cl-]. The molecule has 0 spiro atoms. The second-order valence-corrected chi connectivity index (χ2v) is 11.8. The van der Waals surface area contributed by atoms with Crippen molar-refractivity contribution in [3.63, 3.8) is 0 Å². The van der Waals surface area contributed by atoms with Crippen molar-refractivity contribution in [2.75, 3.05) is 23.7 Å². The molecule has 242 valence electrons. The van der Waals surface area contributed by atoms with Crippen LogP contribution in [0.3, 0.4) is 0 Å². The summed E-state index contributed by atoms with van der Waals surface area (Å²) in [7, 11) is 0. The van der Waals surface area contributed by atoms with Crippen LogP contribution in [-0.4, -0.2) is 13.1 Å². The Morgan fingerprint density at radius 1 is 0.452 bits per heavy atom. The van der Waals surface area contributed by atoms with Gasteiger partial charge >= 0.3 is 6.17 Å². The first kappa shape index (κ1) is 40.5. The fourth-order valence-corrected chi connectivity index (χ4v) is 5.52. The van der Waals surface area contributed by atoms with E-state index in [1.54, 1.807) is 0 Å². The molecule has 2 aromatic rings. The van der Waals surface area contributed by atoms with Crippen LogP contribution in [0.15, 0.2) is 49.1 Å². The van der Waals surface area contributed by atoms with Crippen LogP contribution in [0, 0.1) is 0 Å². The number of anilines is 2. The van der Waals surface area contributed by atoms with Crippen molar-refractivity contribution >= 4 is 11.4 Å². The molecule has 0 amide bonds. The molecule has 2 N–H and O–H groups in total. The van der Waals surface area contributed by atoms with Crippen LogP contribution in [0.25, 0.3) is 0 Å². The predicted molar refractivity (Wildman–Crippen MR) is 174 cm³/mol. The number of hydrogen-bond acceptors (Lipinski definition) is 2. The third-order valence-corrected chi connectivity index (χ3v) is 8.18. The predicted octanol–water partition coefficient (Wildman–Crippen LogP) is 4.00. The normalized spacial score (nSPS) is 10.8. The van der Waals surface area contributed by atoms with E-state index in [1.165, 1.54) is 133 Å². The highest BCUT2D eigenvalue weighted by atomic mass is 35.5. The second-order valence-electron chi connectivity index (χ2n) is 11.8. The fraction of sp³-hybridized carbons (Fsp3) is 0.722. The van der Waals surface area contributed by atoms with Crippen molar-refractivity contribution < 1.29 is 33.9 Å². The van der Waals surface area contributed by atoms with Gasteiger partial charge < -0.3 is 35.4 Å². The molecule has 2 rings (SSSR count). The summed E-state index contributed by atoms with van der Waals surface area (Å²) in [5, 5.41) is 7.27. The molecule has 0 atom stereocenters. The monoisotopic (exact) mass is 622 g/mol. The number of hydrogen-bond donors (Lipinski definition) is 2. The van der Waals surface area contributed by atoms with E-state index < -0.39 is 0 Å². The number of unbranched alkanes of at least 4 members (excludes halogenated alkanes) is 16. The van der Waals surface area contributed by atoms with Crippen LogP contribution in [0.1, 0.15) is 155 Å². The quantitative estimate of drug-likeness (QED) is 0.123. The van der Waals surface area contributed by atoms with E-state index in [1.807, 2.05) is 0 Å². The van der Waals surface area contributed by atoms with Gasteiger partial charge in [0.05, 0.1) is 6.42 Å². The largest absolute Gasteiger partial charge is 1.00 e.